The molecule has 0 N–H and O–H groups in total. The molecule has 3 aromatic rings. The molecule has 2 aliphatic carbocycles. The molecule has 3 aromatic carbocycles. The minimum Gasteiger partial charge on any atom is -0.283 e. The first-order valence-corrected chi connectivity index (χ1v) is 12.0. The third kappa shape index (κ3) is 5.12. The average molecular weight is 427 g/mol. The monoisotopic (exact) mass is 426 g/mol. The smallest absolute Gasteiger partial charge is 0.122 e. The Bertz CT molecular complexity index is 911. The Kier molecular flexibility index (Phi) is 6.68. The number of nitrogens with zero attached hydrogens (tertiary/aromatic N) is 2. The van der Waals surface area contributed by atoms with E-state index in [1.807, 2.05) is 0 Å². The van der Waals surface area contributed by atoms with E-state index < -0.39 is 0 Å². The van der Waals surface area contributed by atoms with Gasteiger partial charge in [0.1, 0.15) is 6.73 Å². The maximum Gasteiger partial charge on any atom is 0.122 e. The molecule has 0 aromatic heterocycles. The normalized spacial score (nSPS) is 22.1. The first-order valence-electron chi connectivity index (χ1n) is 12.0. The van der Waals surface area contributed by atoms with Gasteiger partial charge in [-0.15, -0.1) is 0 Å². The number of hydrogen-bond acceptors (Lipinski definition) is 3. The van der Waals surface area contributed by atoms with Crippen LogP contribution in [0.15, 0.2) is 91.0 Å². The maximum atomic E-state index is 6.60. The van der Waals surface area contributed by atoms with Gasteiger partial charge in [-0.3, -0.25) is 9.74 Å². The molecule has 5 rings (SSSR count). The molecule has 0 spiro atoms. The number of hydroxylamine groups is 2. The fourth-order valence-electron chi connectivity index (χ4n) is 5.63. The Hall–Kier alpha value is -2.46. The topological polar surface area (TPSA) is 15.7 Å². The molecule has 2 aliphatic rings. The summed E-state index contributed by atoms with van der Waals surface area (Å²) < 4.78 is 0. The molecule has 0 heterocycles. The summed E-state index contributed by atoms with van der Waals surface area (Å²) in [6.45, 7) is 3.16. The molecular weight excluding hydrogens is 392 g/mol. The largest absolute Gasteiger partial charge is 0.283 e. The third-order valence-corrected chi connectivity index (χ3v) is 7.39. The second kappa shape index (κ2) is 9.99. The lowest BCUT2D eigenvalue weighted by Crippen LogP contribution is -2.47. The molecule has 2 bridgehead atoms. The van der Waals surface area contributed by atoms with E-state index in [4.69, 9.17) is 4.84 Å². The minimum absolute atomic E-state index is 0.311. The summed E-state index contributed by atoms with van der Waals surface area (Å²) in [7, 11) is 0. The van der Waals surface area contributed by atoms with E-state index in [-0.39, 0.29) is 0 Å². The number of benzene rings is 3. The highest BCUT2D eigenvalue weighted by Gasteiger charge is 2.48. The van der Waals surface area contributed by atoms with Gasteiger partial charge in [0, 0.05) is 25.2 Å². The molecule has 0 amide bonds. The van der Waals surface area contributed by atoms with Crippen molar-refractivity contribution in [3.05, 3.63) is 108 Å². The second-order valence-electron chi connectivity index (χ2n) is 9.58. The molecule has 3 heteroatoms. The molecular formula is C29H34N2O. The Morgan fingerprint density at radius 2 is 1.12 bits per heavy atom. The number of fused-ring (bicyclic) bond motifs is 2. The third-order valence-electron chi connectivity index (χ3n) is 7.39. The van der Waals surface area contributed by atoms with Crippen molar-refractivity contribution in [2.75, 3.05) is 6.73 Å². The summed E-state index contributed by atoms with van der Waals surface area (Å²) in [5.41, 5.74) is 4.24. The van der Waals surface area contributed by atoms with Crippen LogP contribution in [0.2, 0.25) is 0 Å². The number of hydrogen-bond donors (Lipinski definition) is 0. The Morgan fingerprint density at radius 1 is 0.656 bits per heavy atom. The molecule has 2 saturated carbocycles. The van der Waals surface area contributed by atoms with Crippen LogP contribution in [0.3, 0.4) is 0 Å². The molecule has 0 atom stereocenters. The standard InChI is InChI=1S/C29H34N2O/c1-4-10-26(11-5-1)21-30(29-18-16-25(20-29)17-19-29)24-32-31(22-27-12-6-2-7-13-27)23-28-14-8-3-9-15-28/h1-15,25H,16-24H2. The summed E-state index contributed by atoms with van der Waals surface area (Å²) in [6.07, 6.45) is 6.71. The zero-order chi connectivity index (χ0) is 21.6. The van der Waals surface area contributed by atoms with Crippen LogP contribution in [-0.2, 0) is 24.5 Å². The van der Waals surface area contributed by atoms with Crippen LogP contribution in [-0.4, -0.2) is 22.2 Å². The first-order chi connectivity index (χ1) is 15.8. The molecule has 0 radical (unpaired) electrons. The predicted octanol–water partition coefficient (Wildman–Crippen LogP) is 6.41. The van der Waals surface area contributed by atoms with Crippen molar-refractivity contribution < 1.29 is 4.84 Å². The lowest BCUT2D eigenvalue weighted by Gasteiger charge is -2.41. The van der Waals surface area contributed by atoms with E-state index in [1.54, 1.807) is 0 Å². The van der Waals surface area contributed by atoms with Crippen molar-refractivity contribution in [2.45, 2.75) is 57.3 Å². The van der Waals surface area contributed by atoms with Gasteiger partial charge >= 0.3 is 0 Å². The van der Waals surface area contributed by atoms with E-state index in [0.29, 0.717) is 12.3 Å². The van der Waals surface area contributed by atoms with Crippen LogP contribution >= 0.6 is 0 Å². The van der Waals surface area contributed by atoms with E-state index in [2.05, 4.69) is 101 Å². The SMILES string of the molecule is c1ccc(CN(Cc2ccccc2)OCN(Cc2ccccc2)C23CCC(CC2)C3)cc1. The van der Waals surface area contributed by atoms with Gasteiger partial charge in [-0.2, -0.15) is 5.06 Å². The fourth-order valence-corrected chi connectivity index (χ4v) is 5.63. The zero-order valence-corrected chi connectivity index (χ0v) is 18.9. The molecule has 0 aliphatic heterocycles. The van der Waals surface area contributed by atoms with Gasteiger partial charge in [0.2, 0.25) is 0 Å². The van der Waals surface area contributed by atoms with Gasteiger partial charge in [0.05, 0.1) is 0 Å². The summed E-state index contributed by atoms with van der Waals surface area (Å²) in [5, 5.41) is 2.14. The van der Waals surface area contributed by atoms with Crippen molar-refractivity contribution in [1.82, 2.24) is 9.96 Å². The van der Waals surface area contributed by atoms with Gasteiger partial charge in [-0.05, 0) is 54.7 Å². The molecule has 3 nitrogen and oxygen atoms in total. The van der Waals surface area contributed by atoms with Crippen molar-refractivity contribution in [2.24, 2.45) is 5.92 Å². The van der Waals surface area contributed by atoms with E-state index in [0.717, 1.165) is 25.6 Å². The van der Waals surface area contributed by atoms with Gasteiger partial charge < -0.3 is 0 Å². The Labute approximate surface area is 192 Å². The average Bonchev–Trinajstić information content (AvgIpc) is 3.46. The van der Waals surface area contributed by atoms with Crippen LogP contribution in [0, 0.1) is 5.92 Å². The van der Waals surface area contributed by atoms with E-state index in [9.17, 15) is 0 Å². The lowest BCUT2D eigenvalue weighted by atomic mass is 9.91. The van der Waals surface area contributed by atoms with Crippen LogP contribution in [0.25, 0.3) is 0 Å². The van der Waals surface area contributed by atoms with Crippen molar-refractivity contribution in [3.8, 4) is 0 Å². The Morgan fingerprint density at radius 3 is 1.56 bits per heavy atom. The van der Waals surface area contributed by atoms with Crippen LogP contribution in [0.5, 0.6) is 0 Å². The van der Waals surface area contributed by atoms with Gasteiger partial charge in [0.25, 0.3) is 0 Å². The van der Waals surface area contributed by atoms with Crippen molar-refractivity contribution in [1.29, 1.82) is 0 Å². The fraction of sp³-hybridized carbons (Fsp3) is 0.379. The lowest BCUT2D eigenvalue weighted by molar-refractivity contribution is -0.219. The van der Waals surface area contributed by atoms with Crippen molar-refractivity contribution in [3.63, 3.8) is 0 Å². The second-order valence-corrected chi connectivity index (χ2v) is 9.58. The number of rotatable bonds is 10. The quantitative estimate of drug-likeness (QED) is 0.275. The molecule has 0 saturated heterocycles. The summed E-state index contributed by atoms with van der Waals surface area (Å²) >= 11 is 0. The summed E-state index contributed by atoms with van der Waals surface area (Å²) in [6, 6.07) is 32.2. The van der Waals surface area contributed by atoms with Crippen LogP contribution < -0.4 is 0 Å². The minimum atomic E-state index is 0.311. The van der Waals surface area contributed by atoms with Crippen molar-refractivity contribution >= 4 is 0 Å². The molecule has 2 fully saturated rings. The van der Waals surface area contributed by atoms with Gasteiger partial charge in [-0.1, -0.05) is 91.0 Å². The highest BCUT2D eigenvalue weighted by atomic mass is 16.7. The zero-order valence-electron chi connectivity index (χ0n) is 18.9. The van der Waals surface area contributed by atoms with E-state index in [1.165, 1.54) is 48.8 Å². The molecule has 32 heavy (non-hydrogen) atoms. The van der Waals surface area contributed by atoms with E-state index >= 15 is 0 Å². The predicted molar refractivity (Wildman–Crippen MR) is 129 cm³/mol. The maximum absolute atomic E-state index is 6.60. The highest BCUT2D eigenvalue weighted by molar-refractivity contribution is 5.17. The molecule has 166 valence electrons. The molecule has 0 unspecified atom stereocenters. The van der Waals surface area contributed by atoms with Crippen LogP contribution in [0.1, 0.15) is 48.8 Å². The van der Waals surface area contributed by atoms with Gasteiger partial charge in [0.15, 0.2) is 0 Å². The van der Waals surface area contributed by atoms with Gasteiger partial charge in [-0.25, -0.2) is 0 Å². The summed E-state index contributed by atoms with van der Waals surface area (Å²) in [5.74, 6) is 0.915. The Balaban J connectivity index is 1.33. The van der Waals surface area contributed by atoms with Crippen LogP contribution in [0.4, 0.5) is 0 Å². The highest BCUT2D eigenvalue weighted by Crippen LogP contribution is 2.51. The summed E-state index contributed by atoms with van der Waals surface area (Å²) in [4.78, 5) is 9.24. The first kappa shape index (κ1) is 21.4.